The molecule has 6 heteroatoms. The summed E-state index contributed by atoms with van der Waals surface area (Å²) in [6.45, 7) is 3.47. The Kier molecular flexibility index (Phi) is 4.98. The van der Waals surface area contributed by atoms with Crippen LogP contribution in [0.5, 0.6) is 0 Å². The number of aromatic nitrogens is 1. The Morgan fingerprint density at radius 1 is 1.33 bits per heavy atom. The Hall–Kier alpha value is -1.85. The fraction of sp³-hybridized carbons (Fsp3) is 0.667. The first-order valence-electron chi connectivity index (χ1n) is 7.42. The summed E-state index contributed by atoms with van der Waals surface area (Å²) >= 11 is 0. The van der Waals surface area contributed by atoms with Crippen LogP contribution in [-0.4, -0.2) is 39.6 Å². The van der Waals surface area contributed by atoms with Gasteiger partial charge in [0.1, 0.15) is 12.3 Å². The zero-order valence-electron chi connectivity index (χ0n) is 12.6. The third kappa shape index (κ3) is 3.83. The molecule has 116 valence electrons. The van der Waals surface area contributed by atoms with Crippen LogP contribution in [0.3, 0.4) is 0 Å². The van der Waals surface area contributed by atoms with Crippen molar-refractivity contribution in [3.63, 3.8) is 0 Å². The van der Waals surface area contributed by atoms with E-state index in [2.05, 4.69) is 5.16 Å². The average Bonchev–Trinajstić information content (AvgIpc) is 3.05. The van der Waals surface area contributed by atoms with Crippen molar-refractivity contribution in [3.05, 3.63) is 17.0 Å². The van der Waals surface area contributed by atoms with Crippen LogP contribution in [0.2, 0.25) is 0 Å². The summed E-state index contributed by atoms with van der Waals surface area (Å²) < 4.78 is 5.08. The maximum absolute atomic E-state index is 12.4. The second-order valence-electron chi connectivity index (χ2n) is 5.66. The van der Waals surface area contributed by atoms with Gasteiger partial charge < -0.3 is 14.5 Å². The van der Waals surface area contributed by atoms with Gasteiger partial charge in [0.05, 0.1) is 5.69 Å². The van der Waals surface area contributed by atoms with E-state index in [1.165, 1.54) is 4.90 Å². The molecule has 0 radical (unpaired) electrons. The quantitative estimate of drug-likeness (QED) is 0.868. The Balaban J connectivity index is 1.99. The Labute approximate surface area is 124 Å². The van der Waals surface area contributed by atoms with E-state index in [-0.39, 0.29) is 18.5 Å². The predicted octanol–water partition coefficient (Wildman–Crippen LogP) is 2.08. The molecule has 1 amide bonds. The van der Waals surface area contributed by atoms with Crippen molar-refractivity contribution in [1.29, 1.82) is 0 Å². The van der Waals surface area contributed by atoms with E-state index >= 15 is 0 Å². The van der Waals surface area contributed by atoms with Crippen molar-refractivity contribution in [2.75, 3.05) is 6.54 Å². The molecular formula is C15H22N2O4. The molecule has 1 saturated carbocycles. The summed E-state index contributed by atoms with van der Waals surface area (Å²) in [5.41, 5.74) is 1.75. The highest BCUT2D eigenvalue weighted by Crippen LogP contribution is 2.24. The van der Waals surface area contributed by atoms with Crippen LogP contribution >= 0.6 is 0 Å². The molecule has 1 N–H and O–H groups in total. The third-order valence-corrected chi connectivity index (χ3v) is 4.16. The van der Waals surface area contributed by atoms with Gasteiger partial charge in [-0.15, -0.1) is 0 Å². The summed E-state index contributed by atoms with van der Waals surface area (Å²) in [4.78, 5) is 24.9. The second kappa shape index (κ2) is 6.74. The highest BCUT2D eigenvalue weighted by atomic mass is 16.5. The zero-order chi connectivity index (χ0) is 15.4. The van der Waals surface area contributed by atoms with Crippen molar-refractivity contribution >= 4 is 11.9 Å². The van der Waals surface area contributed by atoms with E-state index in [1.54, 1.807) is 0 Å². The van der Waals surface area contributed by atoms with Crippen LogP contribution in [0.25, 0.3) is 0 Å². The van der Waals surface area contributed by atoms with Gasteiger partial charge in [0.25, 0.3) is 0 Å². The normalized spacial score (nSPS) is 15.3. The summed E-state index contributed by atoms with van der Waals surface area (Å²) in [5, 5.41) is 12.9. The van der Waals surface area contributed by atoms with E-state index in [9.17, 15) is 9.59 Å². The smallest absolute Gasteiger partial charge is 0.323 e. The molecule has 6 nitrogen and oxygen atoms in total. The maximum Gasteiger partial charge on any atom is 0.323 e. The molecule has 1 heterocycles. The molecular weight excluding hydrogens is 272 g/mol. The van der Waals surface area contributed by atoms with E-state index in [0.29, 0.717) is 12.8 Å². The lowest BCUT2D eigenvalue weighted by Crippen LogP contribution is -2.42. The highest BCUT2D eigenvalue weighted by molar-refractivity contribution is 5.81. The van der Waals surface area contributed by atoms with Gasteiger partial charge in [-0.2, -0.15) is 0 Å². The van der Waals surface area contributed by atoms with Gasteiger partial charge in [-0.05, 0) is 33.1 Å². The van der Waals surface area contributed by atoms with E-state index < -0.39 is 5.97 Å². The number of carbonyl (C=O) groups is 2. The van der Waals surface area contributed by atoms with Crippen molar-refractivity contribution < 1.29 is 19.2 Å². The van der Waals surface area contributed by atoms with Crippen molar-refractivity contribution in [1.82, 2.24) is 10.1 Å². The topological polar surface area (TPSA) is 83.6 Å². The minimum atomic E-state index is -0.951. The van der Waals surface area contributed by atoms with Gasteiger partial charge in [0.15, 0.2) is 0 Å². The first kappa shape index (κ1) is 15.5. The number of rotatable bonds is 6. The molecule has 0 atom stereocenters. The van der Waals surface area contributed by atoms with Gasteiger partial charge in [-0.1, -0.05) is 18.0 Å². The first-order valence-corrected chi connectivity index (χ1v) is 7.42. The van der Waals surface area contributed by atoms with Crippen molar-refractivity contribution in [3.8, 4) is 0 Å². The molecule has 0 spiro atoms. The number of carboxylic acid groups (broad SMARTS) is 1. The Morgan fingerprint density at radius 3 is 2.52 bits per heavy atom. The maximum atomic E-state index is 12.4. The van der Waals surface area contributed by atoms with E-state index in [4.69, 9.17) is 9.63 Å². The summed E-state index contributed by atoms with van der Waals surface area (Å²) in [5.74, 6) is -0.317. The highest BCUT2D eigenvalue weighted by Gasteiger charge is 2.28. The van der Waals surface area contributed by atoms with Gasteiger partial charge >= 0.3 is 5.97 Å². The van der Waals surface area contributed by atoms with Crippen LogP contribution in [0, 0.1) is 13.8 Å². The summed E-state index contributed by atoms with van der Waals surface area (Å²) in [7, 11) is 0. The lowest BCUT2D eigenvalue weighted by molar-refractivity contribution is -0.146. The number of hydrogen-bond donors (Lipinski definition) is 1. The second-order valence-corrected chi connectivity index (χ2v) is 5.66. The van der Waals surface area contributed by atoms with Gasteiger partial charge in [-0.3, -0.25) is 9.59 Å². The standard InChI is InChI=1S/C15H22N2O4/c1-10-13(11(2)21-16-10)7-8-14(18)17(9-15(19)20)12-5-3-4-6-12/h12H,3-9H2,1-2H3,(H,19,20). The number of aliphatic carboxylic acids is 1. The molecule has 21 heavy (non-hydrogen) atoms. The third-order valence-electron chi connectivity index (χ3n) is 4.16. The largest absolute Gasteiger partial charge is 0.480 e. The zero-order valence-corrected chi connectivity index (χ0v) is 12.6. The Bertz CT molecular complexity index is 498. The summed E-state index contributed by atoms with van der Waals surface area (Å²) in [6, 6.07) is 0.0817. The fourth-order valence-electron chi connectivity index (χ4n) is 3.02. The first-order chi connectivity index (χ1) is 9.99. The minimum absolute atomic E-state index is 0.0817. The molecule has 1 fully saturated rings. The molecule has 1 aliphatic rings. The predicted molar refractivity (Wildman–Crippen MR) is 75.9 cm³/mol. The number of nitrogens with zero attached hydrogens (tertiary/aromatic N) is 2. The van der Waals surface area contributed by atoms with Crippen molar-refractivity contribution in [2.24, 2.45) is 0 Å². The fourth-order valence-corrected chi connectivity index (χ4v) is 3.02. The SMILES string of the molecule is Cc1noc(C)c1CCC(=O)N(CC(=O)O)C1CCCC1. The van der Waals surface area contributed by atoms with Crippen LogP contribution < -0.4 is 0 Å². The van der Waals surface area contributed by atoms with Gasteiger partial charge in [0.2, 0.25) is 5.91 Å². The molecule has 0 bridgehead atoms. The Morgan fingerprint density at radius 2 is 2.00 bits per heavy atom. The molecule has 0 aliphatic heterocycles. The van der Waals surface area contributed by atoms with Crippen LogP contribution in [0.4, 0.5) is 0 Å². The molecule has 0 aromatic carbocycles. The number of amides is 1. The molecule has 1 aliphatic carbocycles. The minimum Gasteiger partial charge on any atom is -0.480 e. The van der Waals surface area contributed by atoms with Crippen LogP contribution in [0.15, 0.2) is 4.52 Å². The number of aryl methyl sites for hydroxylation is 2. The van der Waals surface area contributed by atoms with E-state index in [0.717, 1.165) is 42.7 Å². The van der Waals surface area contributed by atoms with Crippen LogP contribution in [0.1, 0.15) is 49.1 Å². The van der Waals surface area contributed by atoms with Gasteiger partial charge in [-0.25, -0.2) is 0 Å². The molecule has 0 saturated heterocycles. The molecule has 1 aromatic rings. The lowest BCUT2D eigenvalue weighted by atomic mass is 10.1. The lowest BCUT2D eigenvalue weighted by Gasteiger charge is -2.27. The molecule has 0 unspecified atom stereocenters. The monoisotopic (exact) mass is 294 g/mol. The molecule has 2 rings (SSSR count). The summed E-state index contributed by atoms with van der Waals surface area (Å²) in [6.07, 6.45) is 4.79. The van der Waals surface area contributed by atoms with Crippen LogP contribution in [-0.2, 0) is 16.0 Å². The van der Waals surface area contributed by atoms with Gasteiger partial charge in [0, 0.05) is 18.0 Å². The number of hydrogen-bond acceptors (Lipinski definition) is 4. The number of carbonyl (C=O) groups excluding carboxylic acids is 1. The van der Waals surface area contributed by atoms with Crippen molar-refractivity contribution in [2.45, 2.75) is 58.4 Å². The van der Waals surface area contributed by atoms with E-state index in [1.807, 2.05) is 13.8 Å². The number of carboxylic acids is 1. The average molecular weight is 294 g/mol. The molecule has 1 aromatic heterocycles.